The van der Waals surface area contributed by atoms with Crippen LogP contribution in [0.3, 0.4) is 0 Å². The maximum absolute atomic E-state index is 11.8. The second-order valence-electron chi connectivity index (χ2n) is 4.89. The highest BCUT2D eigenvalue weighted by atomic mass is 16.1. The number of carbonyl (C=O) groups is 1. The number of rotatable bonds is 2. The van der Waals surface area contributed by atoms with E-state index in [0.29, 0.717) is 18.2 Å². The standard InChI is InChI=1S/C14H19NO/c1-11-8-15(10-14(16)12(11)2)9-13-6-4-3-5-7-13/h3-7,11-12H,8-10H2,1-2H3/t11-,12+/m1/s1. The zero-order chi connectivity index (χ0) is 11.5. The van der Waals surface area contributed by atoms with Crippen molar-refractivity contribution in [2.24, 2.45) is 11.8 Å². The molecule has 1 fully saturated rings. The van der Waals surface area contributed by atoms with Gasteiger partial charge in [0.15, 0.2) is 0 Å². The summed E-state index contributed by atoms with van der Waals surface area (Å²) in [7, 11) is 0. The van der Waals surface area contributed by atoms with E-state index in [4.69, 9.17) is 0 Å². The molecule has 0 radical (unpaired) electrons. The molecule has 0 saturated carbocycles. The van der Waals surface area contributed by atoms with E-state index in [1.807, 2.05) is 25.1 Å². The predicted octanol–water partition coefficient (Wildman–Crippen LogP) is 2.34. The Kier molecular flexibility index (Phi) is 3.39. The number of hydrogen-bond acceptors (Lipinski definition) is 2. The minimum atomic E-state index is 0.229. The molecule has 0 aliphatic carbocycles. The molecule has 2 nitrogen and oxygen atoms in total. The molecule has 2 rings (SSSR count). The summed E-state index contributed by atoms with van der Waals surface area (Å²) < 4.78 is 0. The lowest BCUT2D eigenvalue weighted by molar-refractivity contribution is -0.128. The van der Waals surface area contributed by atoms with E-state index in [-0.39, 0.29) is 5.92 Å². The van der Waals surface area contributed by atoms with Crippen molar-refractivity contribution >= 4 is 5.78 Å². The summed E-state index contributed by atoms with van der Waals surface area (Å²) in [5, 5.41) is 0. The molecule has 0 unspecified atom stereocenters. The molecule has 1 saturated heterocycles. The monoisotopic (exact) mass is 217 g/mol. The van der Waals surface area contributed by atoms with Crippen LogP contribution < -0.4 is 0 Å². The van der Waals surface area contributed by atoms with E-state index in [1.165, 1.54) is 5.56 Å². The summed E-state index contributed by atoms with van der Waals surface area (Å²) in [4.78, 5) is 14.0. The predicted molar refractivity (Wildman–Crippen MR) is 65.1 cm³/mol. The number of carbonyl (C=O) groups excluding carboxylic acids is 1. The molecule has 16 heavy (non-hydrogen) atoms. The smallest absolute Gasteiger partial charge is 0.149 e. The van der Waals surface area contributed by atoms with Crippen molar-refractivity contribution < 1.29 is 4.79 Å². The molecule has 1 aromatic rings. The van der Waals surface area contributed by atoms with Crippen LogP contribution in [0.5, 0.6) is 0 Å². The van der Waals surface area contributed by atoms with E-state index >= 15 is 0 Å². The molecule has 1 aromatic carbocycles. The van der Waals surface area contributed by atoms with Crippen molar-refractivity contribution in [1.29, 1.82) is 0 Å². The Hall–Kier alpha value is -1.15. The van der Waals surface area contributed by atoms with E-state index in [2.05, 4.69) is 24.0 Å². The number of benzene rings is 1. The van der Waals surface area contributed by atoms with Crippen LogP contribution in [0.15, 0.2) is 30.3 Å². The lowest BCUT2D eigenvalue weighted by Crippen LogP contribution is -2.44. The highest BCUT2D eigenvalue weighted by Gasteiger charge is 2.29. The molecular formula is C14H19NO. The number of nitrogens with zero attached hydrogens (tertiary/aromatic N) is 1. The van der Waals surface area contributed by atoms with Gasteiger partial charge in [0.05, 0.1) is 6.54 Å². The number of Topliss-reactive ketones (excluding diaryl/α,β-unsaturated/α-hetero) is 1. The van der Waals surface area contributed by atoms with Crippen LogP contribution in [0.25, 0.3) is 0 Å². The van der Waals surface area contributed by atoms with Crippen molar-refractivity contribution in [1.82, 2.24) is 4.90 Å². The van der Waals surface area contributed by atoms with E-state index in [1.54, 1.807) is 0 Å². The van der Waals surface area contributed by atoms with Crippen molar-refractivity contribution in [3.63, 3.8) is 0 Å². The first-order chi connectivity index (χ1) is 7.66. The molecule has 0 N–H and O–H groups in total. The second-order valence-corrected chi connectivity index (χ2v) is 4.89. The highest BCUT2D eigenvalue weighted by molar-refractivity contribution is 5.83. The molecule has 1 aliphatic heterocycles. The molecule has 1 aliphatic rings. The van der Waals surface area contributed by atoms with Gasteiger partial charge in [0.25, 0.3) is 0 Å². The SMILES string of the molecule is C[C@@H]1CN(Cc2ccccc2)CC(=O)[C@H]1C. The highest BCUT2D eigenvalue weighted by Crippen LogP contribution is 2.21. The quantitative estimate of drug-likeness (QED) is 0.758. The fourth-order valence-electron chi connectivity index (χ4n) is 2.27. The normalized spacial score (nSPS) is 27.0. The molecule has 0 amide bonds. The minimum Gasteiger partial charge on any atom is -0.298 e. The maximum atomic E-state index is 11.8. The third kappa shape index (κ3) is 2.50. The molecule has 0 spiro atoms. The van der Waals surface area contributed by atoms with Gasteiger partial charge in [0.2, 0.25) is 0 Å². The van der Waals surface area contributed by atoms with Crippen LogP contribution in [-0.2, 0) is 11.3 Å². The molecular weight excluding hydrogens is 198 g/mol. The zero-order valence-corrected chi connectivity index (χ0v) is 10.0. The molecule has 2 atom stereocenters. The Labute approximate surface area is 97.3 Å². The topological polar surface area (TPSA) is 20.3 Å². The average Bonchev–Trinajstić information content (AvgIpc) is 2.27. The van der Waals surface area contributed by atoms with Crippen LogP contribution in [0.2, 0.25) is 0 Å². The van der Waals surface area contributed by atoms with E-state index < -0.39 is 0 Å². The first kappa shape index (κ1) is 11.3. The van der Waals surface area contributed by atoms with Crippen LogP contribution in [0, 0.1) is 11.8 Å². The van der Waals surface area contributed by atoms with Crippen molar-refractivity contribution in [3.05, 3.63) is 35.9 Å². The van der Waals surface area contributed by atoms with Crippen LogP contribution in [0.4, 0.5) is 0 Å². The Bertz CT molecular complexity index is 360. The summed E-state index contributed by atoms with van der Waals surface area (Å²) in [6.45, 7) is 6.75. The number of ketones is 1. The van der Waals surface area contributed by atoms with Gasteiger partial charge in [-0.2, -0.15) is 0 Å². The summed E-state index contributed by atoms with van der Waals surface area (Å²) >= 11 is 0. The Balaban J connectivity index is 1.99. The Morgan fingerprint density at radius 1 is 1.25 bits per heavy atom. The van der Waals surface area contributed by atoms with E-state index in [0.717, 1.165) is 13.1 Å². The van der Waals surface area contributed by atoms with Gasteiger partial charge in [-0.05, 0) is 11.5 Å². The Morgan fingerprint density at radius 3 is 2.56 bits per heavy atom. The van der Waals surface area contributed by atoms with Crippen LogP contribution in [0.1, 0.15) is 19.4 Å². The van der Waals surface area contributed by atoms with Gasteiger partial charge in [0, 0.05) is 19.0 Å². The lowest BCUT2D eigenvalue weighted by Gasteiger charge is -2.34. The third-order valence-electron chi connectivity index (χ3n) is 3.54. The van der Waals surface area contributed by atoms with Gasteiger partial charge < -0.3 is 0 Å². The largest absolute Gasteiger partial charge is 0.298 e. The number of piperidine rings is 1. The number of hydrogen-bond donors (Lipinski definition) is 0. The Morgan fingerprint density at radius 2 is 1.94 bits per heavy atom. The van der Waals surface area contributed by atoms with E-state index in [9.17, 15) is 4.79 Å². The van der Waals surface area contributed by atoms with Crippen molar-refractivity contribution in [3.8, 4) is 0 Å². The summed E-state index contributed by atoms with van der Waals surface area (Å²) in [6, 6.07) is 10.4. The molecule has 0 bridgehead atoms. The van der Waals surface area contributed by atoms with Crippen LogP contribution >= 0.6 is 0 Å². The van der Waals surface area contributed by atoms with Gasteiger partial charge in [0.1, 0.15) is 5.78 Å². The summed E-state index contributed by atoms with van der Waals surface area (Å²) in [5.41, 5.74) is 1.29. The molecule has 86 valence electrons. The van der Waals surface area contributed by atoms with Gasteiger partial charge in [-0.3, -0.25) is 9.69 Å². The fraction of sp³-hybridized carbons (Fsp3) is 0.500. The third-order valence-corrected chi connectivity index (χ3v) is 3.54. The van der Waals surface area contributed by atoms with Gasteiger partial charge in [-0.15, -0.1) is 0 Å². The molecule has 0 aromatic heterocycles. The first-order valence-electron chi connectivity index (χ1n) is 5.96. The van der Waals surface area contributed by atoms with Gasteiger partial charge in [-0.1, -0.05) is 44.2 Å². The maximum Gasteiger partial charge on any atom is 0.149 e. The molecule has 1 heterocycles. The zero-order valence-electron chi connectivity index (χ0n) is 10.0. The van der Waals surface area contributed by atoms with Gasteiger partial charge in [-0.25, -0.2) is 0 Å². The minimum absolute atomic E-state index is 0.229. The average molecular weight is 217 g/mol. The van der Waals surface area contributed by atoms with Crippen molar-refractivity contribution in [2.45, 2.75) is 20.4 Å². The lowest BCUT2D eigenvalue weighted by atomic mass is 9.87. The fourth-order valence-corrected chi connectivity index (χ4v) is 2.27. The van der Waals surface area contributed by atoms with Crippen LogP contribution in [-0.4, -0.2) is 23.8 Å². The first-order valence-corrected chi connectivity index (χ1v) is 5.96. The second kappa shape index (κ2) is 4.79. The van der Waals surface area contributed by atoms with Crippen molar-refractivity contribution in [2.75, 3.05) is 13.1 Å². The van der Waals surface area contributed by atoms with Gasteiger partial charge >= 0.3 is 0 Å². The molecule has 2 heteroatoms. The summed E-state index contributed by atoms with van der Waals surface area (Å²) in [5.74, 6) is 1.09. The number of likely N-dealkylation sites (tertiary alicyclic amines) is 1. The summed E-state index contributed by atoms with van der Waals surface area (Å²) in [6.07, 6.45) is 0.